The summed E-state index contributed by atoms with van der Waals surface area (Å²) in [5.74, 6) is 0.510. The van der Waals surface area contributed by atoms with Gasteiger partial charge < -0.3 is 14.8 Å². The van der Waals surface area contributed by atoms with Crippen LogP contribution in [-0.4, -0.2) is 22.2 Å². The highest BCUT2D eigenvalue weighted by molar-refractivity contribution is 5.93. The molecule has 0 spiro atoms. The molecule has 29 heavy (non-hydrogen) atoms. The Kier molecular flexibility index (Phi) is 5.64. The zero-order valence-corrected chi connectivity index (χ0v) is 17.4. The smallest absolute Gasteiger partial charge is 0.419 e. The van der Waals surface area contributed by atoms with E-state index in [1.807, 2.05) is 52.0 Å². The predicted octanol–water partition coefficient (Wildman–Crippen LogP) is 5.27. The van der Waals surface area contributed by atoms with Crippen molar-refractivity contribution in [3.8, 4) is 5.75 Å². The number of hydrogen-bond acceptors (Lipinski definition) is 4. The van der Waals surface area contributed by atoms with Crippen LogP contribution in [0.15, 0.2) is 48.5 Å². The Bertz CT molecular complexity index is 1040. The molecule has 0 fully saturated rings. The highest BCUT2D eigenvalue weighted by Crippen LogP contribution is 2.28. The molecule has 0 bridgehead atoms. The lowest BCUT2D eigenvalue weighted by Gasteiger charge is -2.21. The molecule has 0 saturated heterocycles. The highest BCUT2D eigenvalue weighted by Gasteiger charge is 2.24. The molecule has 0 aliphatic heterocycles. The van der Waals surface area contributed by atoms with Gasteiger partial charge in [0.25, 0.3) is 0 Å². The lowest BCUT2D eigenvalue weighted by Crippen LogP contribution is -2.28. The number of carbonyl (C=O) groups is 2. The summed E-state index contributed by atoms with van der Waals surface area (Å²) in [4.78, 5) is 24.1. The fraction of sp³-hybridized carbons (Fsp3) is 0.304. The topological polar surface area (TPSA) is 69.6 Å². The first kappa shape index (κ1) is 20.5. The first-order valence-electron chi connectivity index (χ1n) is 9.48. The van der Waals surface area contributed by atoms with E-state index < -0.39 is 11.7 Å². The minimum atomic E-state index is -0.603. The van der Waals surface area contributed by atoms with Crippen molar-refractivity contribution in [2.75, 3.05) is 5.32 Å². The number of nitrogens with zero attached hydrogens (tertiary/aromatic N) is 1. The summed E-state index contributed by atoms with van der Waals surface area (Å²) >= 11 is 0. The first-order valence-corrected chi connectivity index (χ1v) is 9.48. The maximum atomic E-state index is 12.9. The van der Waals surface area contributed by atoms with Gasteiger partial charge in [0.2, 0.25) is 5.91 Å². The molecule has 0 radical (unpaired) electrons. The largest absolute Gasteiger partial charge is 0.487 e. The monoisotopic (exact) mass is 394 g/mol. The van der Waals surface area contributed by atoms with Crippen molar-refractivity contribution in [2.45, 2.75) is 46.8 Å². The molecule has 0 unspecified atom stereocenters. The summed E-state index contributed by atoms with van der Waals surface area (Å²) in [6.45, 7) is 9.17. The van der Waals surface area contributed by atoms with Gasteiger partial charge in [0.15, 0.2) is 0 Å². The second-order valence-corrected chi connectivity index (χ2v) is 7.90. The summed E-state index contributed by atoms with van der Waals surface area (Å²) in [6.07, 6.45) is -0.429. The van der Waals surface area contributed by atoms with Crippen molar-refractivity contribution in [1.29, 1.82) is 0 Å². The third-order valence-corrected chi connectivity index (χ3v) is 4.38. The van der Waals surface area contributed by atoms with Crippen molar-refractivity contribution in [2.24, 2.45) is 0 Å². The van der Waals surface area contributed by atoms with E-state index in [2.05, 4.69) is 5.32 Å². The van der Waals surface area contributed by atoms with Gasteiger partial charge in [0.1, 0.15) is 18.0 Å². The number of aryl methyl sites for hydroxylation is 1. The molecule has 6 nitrogen and oxygen atoms in total. The van der Waals surface area contributed by atoms with Crippen LogP contribution >= 0.6 is 0 Å². The lowest BCUT2D eigenvalue weighted by atomic mass is 10.1. The number of carbonyl (C=O) groups excluding carboxylic acids is 2. The van der Waals surface area contributed by atoms with Crippen LogP contribution in [0.1, 0.15) is 39.0 Å². The van der Waals surface area contributed by atoms with Gasteiger partial charge in [0, 0.05) is 18.0 Å². The number of anilines is 1. The molecule has 152 valence electrons. The molecular formula is C23H26N2O4. The third-order valence-electron chi connectivity index (χ3n) is 4.38. The van der Waals surface area contributed by atoms with Crippen molar-refractivity contribution in [3.05, 3.63) is 59.8 Å². The van der Waals surface area contributed by atoms with Crippen LogP contribution in [0.5, 0.6) is 5.75 Å². The summed E-state index contributed by atoms with van der Waals surface area (Å²) in [5, 5.41) is 3.70. The fourth-order valence-corrected chi connectivity index (χ4v) is 3.13. The second kappa shape index (κ2) is 7.99. The fourth-order valence-electron chi connectivity index (χ4n) is 3.13. The number of amides is 1. The van der Waals surface area contributed by atoms with E-state index in [0.717, 1.165) is 22.2 Å². The molecule has 1 N–H and O–H groups in total. The van der Waals surface area contributed by atoms with Gasteiger partial charge in [-0.3, -0.25) is 4.79 Å². The highest BCUT2D eigenvalue weighted by atomic mass is 16.6. The predicted molar refractivity (Wildman–Crippen MR) is 113 cm³/mol. The number of rotatable bonds is 4. The quantitative estimate of drug-likeness (QED) is 0.654. The Labute approximate surface area is 170 Å². The maximum absolute atomic E-state index is 12.9. The van der Waals surface area contributed by atoms with Crippen LogP contribution in [0.3, 0.4) is 0 Å². The molecule has 0 aliphatic rings. The zero-order chi connectivity index (χ0) is 21.2. The Morgan fingerprint density at radius 2 is 1.69 bits per heavy atom. The zero-order valence-electron chi connectivity index (χ0n) is 17.4. The van der Waals surface area contributed by atoms with E-state index in [9.17, 15) is 9.59 Å². The number of benzene rings is 2. The number of hydrogen-bond donors (Lipinski definition) is 1. The normalized spacial score (nSPS) is 11.3. The molecule has 3 aromatic rings. The molecule has 0 atom stereocenters. The van der Waals surface area contributed by atoms with Crippen molar-refractivity contribution >= 4 is 28.6 Å². The van der Waals surface area contributed by atoms with Gasteiger partial charge in [-0.15, -0.1) is 0 Å². The molecule has 2 aromatic carbocycles. The van der Waals surface area contributed by atoms with Gasteiger partial charge in [0.05, 0.1) is 11.2 Å². The number of aromatic nitrogens is 1. The van der Waals surface area contributed by atoms with Gasteiger partial charge in [-0.1, -0.05) is 18.2 Å². The standard InChI is InChI=1S/C23H26N2O4/c1-15-19-8-6-7-9-20(19)25(22(27)29-23(3,4)5)21(15)14-28-18-12-10-17(11-13-18)24-16(2)26/h6-13H,14H2,1-5H3,(H,24,26). The Hall–Kier alpha value is -3.28. The Morgan fingerprint density at radius 3 is 2.31 bits per heavy atom. The summed E-state index contributed by atoms with van der Waals surface area (Å²) in [5.41, 5.74) is 2.60. The Balaban J connectivity index is 1.90. The van der Waals surface area contributed by atoms with E-state index in [0.29, 0.717) is 11.4 Å². The number of para-hydroxylation sites is 1. The van der Waals surface area contributed by atoms with Crippen LogP contribution in [0.2, 0.25) is 0 Å². The molecule has 1 aromatic heterocycles. The van der Waals surface area contributed by atoms with E-state index in [1.54, 1.807) is 28.8 Å². The Morgan fingerprint density at radius 1 is 1.03 bits per heavy atom. The average molecular weight is 394 g/mol. The van der Waals surface area contributed by atoms with Crippen LogP contribution in [0, 0.1) is 6.92 Å². The van der Waals surface area contributed by atoms with E-state index in [4.69, 9.17) is 9.47 Å². The minimum absolute atomic E-state index is 0.129. The van der Waals surface area contributed by atoms with Crippen molar-refractivity contribution < 1.29 is 19.1 Å². The van der Waals surface area contributed by atoms with Crippen LogP contribution in [-0.2, 0) is 16.1 Å². The summed E-state index contributed by atoms with van der Waals surface area (Å²) < 4.78 is 13.1. The summed E-state index contributed by atoms with van der Waals surface area (Å²) in [7, 11) is 0. The lowest BCUT2D eigenvalue weighted by molar-refractivity contribution is -0.114. The van der Waals surface area contributed by atoms with E-state index >= 15 is 0 Å². The SMILES string of the molecule is CC(=O)Nc1ccc(OCc2c(C)c3ccccc3n2C(=O)OC(C)(C)C)cc1. The minimum Gasteiger partial charge on any atom is -0.487 e. The first-order chi connectivity index (χ1) is 13.7. The number of nitrogens with one attached hydrogen (secondary N) is 1. The van der Waals surface area contributed by atoms with Crippen molar-refractivity contribution in [1.82, 2.24) is 4.57 Å². The van der Waals surface area contributed by atoms with Crippen LogP contribution in [0.25, 0.3) is 10.9 Å². The molecule has 3 rings (SSSR count). The third kappa shape index (κ3) is 4.77. The molecule has 0 aliphatic carbocycles. The van der Waals surface area contributed by atoms with Gasteiger partial charge in [-0.05, 0) is 63.6 Å². The molecule has 6 heteroatoms. The van der Waals surface area contributed by atoms with Gasteiger partial charge in [-0.2, -0.15) is 0 Å². The number of fused-ring (bicyclic) bond motifs is 1. The van der Waals surface area contributed by atoms with E-state index in [1.165, 1.54) is 6.92 Å². The molecule has 1 amide bonds. The van der Waals surface area contributed by atoms with Crippen LogP contribution < -0.4 is 10.1 Å². The number of ether oxygens (including phenoxy) is 2. The molecule has 1 heterocycles. The van der Waals surface area contributed by atoms with Gasteiger partial charge in [-0.25, -0.2) is 9.36 Å². The molecule has 0 saturated carbocycles. The van der Waals surface area contributed by atoms with Crippen molar-refractivity contribution in [3.63, 3.8) is 0 Å². The van der Waals surface area contributed by atoms with Crippen LogP contribution in [0.4, 0.5) is 10.5 Å². The summed E-state index contributed by atoms with van der Waals surface area (Å²) in [6, 6.07) is 14.8. The van der Waals surface area contributed by atoms with E-state index in [-0.39, 0.29) is 12.5 Å². The average Bonchev–Trinajstić information content (AvgIpc) is 2.92. The van der Waals surface area contributed by atoms with Gasteiger partial charge >= 0.3 is 6.09 Å². The second-order valence-electron chi connectivity index (χ2n) is 7.90. The maximum Gasteiger partial charge on any atom is 0.419 e. The molecular weight excluding hydrogens is 368 g/mol.